The first kappa shape index (κ1) is 17.2. The lowest BCUT2D eigenvalue weighted by Gasteiger charge is -2.15. The normalized spacial score (nSPS) is 10.9. The van der Waals surface area contributed by atoms with Gasteiger partial charge in [-0.25, -0.2) is 0 Å². The van der Waals surface area contributed by atoms with Crippen LogP contribution in [-0.4, -0.2) is 37.8 Å². The fourth-order valence-electron chi connectivity index (χ4n) is 2.69. The number of hydrogen-bond donors (Lipinski definition) is 1. The van der Waals surface area contributed by atoms with Gasteiger partial charge in [-0.1, -0.05) is 23.7 Å². The Labute approximate surface area is 151 Å². The number of amides is 1. The molecular formula is C18H20ClN5O. The van der Waals surface area contributed by atoms with Crippen molar-refractivity contribution in [2.45, 2.75) is 26.9 Å². The van der Waals surface area contributed by atoms with Crippen molar-refractivity contribution >= 4 is 17.5 Å². The molecule has 25 heavy (non-hydrogen) atoms. The lowest BCUT2D eigenvalue weighted by Crippen LogP contribution is -2.26. The van der Waals surface area contributed by atoms with E-state index in [1.807, 2.05) is 36.9 Å². The molecule has 6 nitrogen and oxygen atoms in total. The molecule has 0 bridgehead atoms. The quantitative estimate of drug-likeness (QED) is 0.759. The zero-order valence-electron chi connectivity index (χ0n) is 14.5. The number of hydrogen-bond acceptors (Lipinski definition) is 3. The number of nitrogens with zero attached hydrogens (tertiary/aromatic N) is 4. The van der Waals surface area contributed by atoms with Gasteiger partial charge in [0.25, 0.3) is 5.91 Å². The minimum absolute atomic E-state index is 0.114. The smallest absolute Gasteiger partial charge is 0.271 e. The van der Waals surface area contributed by atoms with Crippen LogP contribution >= 0.6 is 11.6 Å². The van der Waals surface area contributed by atoms with Crippen molar-refractivity contribution in [1.29, 1.82) is 0 Å². The van der Waals surface area contributed by atoms with Crippen LogP contribution in [0.25, 0.3) is 11.3 Å². The predicted molar refractivity (Wildman–Crippen MR) is 97.5 cm³/mol. The van der Waals surface area contributed by atoms with Crippen LogP contribution in [0, 0.1) is 6.92 Å². The van der Waals surface area contributed by atoms with Gasteiger partial charge in [-0.05, 0) is 32.0 Å². The van der Waals surface area contributed by atoms with E-state index in [-0.39, 0.29) is 5.91 Å². The number of aryl methyl sites for hydroxylation is 1. The Morgan fingerprint density at radius 2 is 2.04 bits per heavy atom. The Morgan fingerprint density at radius 3 is 2.68 bits per heavy atom. The summed E-state index contributed by atoms with van der Waals surface area (Å²) in [4.78, 5) is 14.3. The Balaban J connectivity index is 1.74. The molecule has 130 valence electrons. The van der Waals surface area contributed by atoms with Crippen LogP contribution in [0.5, 0.6) is 0 Å². The number of rotatable bonds is 5. The third-order valence-electron chi connectivity index (χ3n) is 4.21. The van der Waals surface area contributed by atoms with E-state index in [0.29, 0.717) is 23.0 Å². The molecule has 7 heteroatoms. The summed E-state index contributed by atoms with van der Waals surface area (Å²) in [6.07, 6.45) is 1.81. The molecule has 0 saturated heterocycles. The second-order valence-electron chi connectivity index (χ2n) is 5.91. The van der Waals surface area contributed by atoms with Crippen LogP contribution in [-0.2, 0) is 13.1 Å². The molecule has 1 N–H and O–H groups in total. The Morgan fingerprint density at radius 1 is 1.32 bits per heavy atom. The molecule has 1 amide bonds. The lowest BCUT2D eigenvalue weighted by molar-refractivity contribution is 0.0779. The number of halogens is 1. The molecule has 0 fully saturated rings. The molecule has 0 unspecified atom stereocenters. The minimum atomic E-state index is -0.114. The van der Waals surface area contributed by atoms with Crippen LogP contribution in [0.1, 0.15) is 28.7 Å². The molecule has 0 spiro atoms. The first-order valence-electron chi connectivity index (χ1n) is 8.07. The fraction of sp³-hybridized carbons (Fsp3) is 0.278. The van der Waals surface area contributed by atoms with Gasteiger partial charge in [0.1, 0.15) is 5.69 Å². The highest BCUT2D eigenvalue weighted by molar-refractivity contribution is 6.30. The standard InChI is InChI=1S/C18H20ClN5O/c1-4-24-12(2)14(10-20-24)11-23(3)18(25)17-9-16(21-22-17)13-5-7-15(19)8-6-13/h5-10H,4,11H2,1-3H3,(H,21,22). The Kier molecular flexibility index (Phi) is 4.90. The number of carbonyl (C=O) groups is 1. The summed E-state index contributed by atoms with van der Waals surface area (Å²) in [5, 5.41) is 12.0. The van der Waals surface area contributed by atoms with E-state index >= 15 is 0 Å². The van der Waals surface area contributed by atoms with Gasteiger partial charge in [0.05, 0.1) is 11.9 Å². The highest BCUT2D eigenvalue weighted by Crippen LogP contribution is 2.21. The maximum Gasteiger partial charge on any atom is 0.271 e. The van der Waals surface area contributed by atoms with Crippen molar-refractivity contribution in [3.8, 4) is 11.3 Å². The van der Waals surface area contributed by atoms with Gasteiger partial charge >= 0.3 is 0 Å². The zero-order valence-corrected chi connectivity index (χ0v) is 15.2. The molecule has 0 aliphatic carbocycles. The first-order valence-corrected chi connectivity index (χ1v) is 8.45. The number of carbonyl (C=O) groups excluding carboxylic acids is 1. The molecule has 0 saturated carbocycles. The summed E-state index contributed by atoms with van der Waals surface area (Å²) in [6.45, 7) is 5.37. The van der Waals surface area contributed by atoms with Crippen LogP contribution in [0.3, 0.4) is 0 Å². The summed E-state index contributed by atoms with van der Waals surface area (Å²) in [5.41, 5.74) is 4.18. The van der Waals surface area contributed by atoms with Crippen molar-refractivity contribution in [3.05, 3.63) is 58.5 Å². The highest BCUT2D eigenvalue weighted by atomic mass is 35.5. The van der Waals surface area contributed by atoms with E-state index < -0.39 is 0 Å². The fourth-order valence-corrected chi connectivity index (χ4v) is 2.82. The molecule has 0 radical (unpaired) electrons. The molecule has 0 aliphatic rings. The number of nitrogens with one attached hydrogen (secondary N) is 1. The summed E-state index contributed by atoms with van der Waals surface area (Å²) in [5.74, 6) is -0.114. The van der Waals surface area contributed by atoms with Gasteiger partial charge in [-0.3, -0.25) is 14.6 Å². The van der Waals surface area contributed by atoms with Gasteiger partial charge in [0.2, 0.25) is 0 Å². The Hall–Kier alpha value is -2.60. The van der Waals surface area contributed by atoms with Crippen LogP contribution < -0.4 is 0 Å². The first-order chi connectivity index (χ1) is 12.0. The van der Waals surface area contributed by atoms with E-state index in [9.17, 15) is 4.79 Å². The van der Waals surface area contributed by atoms with Crippen molar-refractivity contribution in [1.82, 2.24) is 24.9 Å². The summed E-state index contributed by atoms with van der Waals surface area (Å²) in [7, 11) is 1.77. The maximum atomic E-state index is 12.6. The molecule has 2 aromatic heterocycles. The van der Waals surface area contributed by atoms with Gasteiger partial charge in [-0.15, -0.1) is 0 Å². The van der Waals surface area contributed by atoms with E-state index in [2.05, 4.69) is 15.3 Å². The van der Waals surface area contributed by atoms with E-state index in [4.69, 9.17) is 11.6 Å². The van der Waals surface area contributed by atoms with Crippen LogP contribution in [0.15, 0.2) is 36.5 Å². The van der Waals surface area contributed by atoms with Gasteiger partial charge < -0.3 is 4.90 Å². The second-order valence-corrected chi connectivity index (χ2v) is 6.34. The predicted octanol–water partition coefficient (Wildman–Crippen LogP) is 3.53. The number of aromatic amines is 1. The lowest BCUT2D eigenvalue weighted by atomic mass is 10.1. The monoisotopic (exact) mass is 357 g/mol. The zero-order chi connectivity index (χ0) is 18.0. The second kappa shape index (κ2) is 7.11. The van der Waals surface area contributed by atoms with Crippen molar-refractivity contribution in [2.24, 2.45) is 0 Å². The van der Waals surface area contributed by atoms with Crippen molar-refractivity contribution in [2.75, 3.05) is 7.05 Å². The number of aromatic nitrogens is 4. The minimum Gasteiger partial charge on any atom is -0.336 e. The van der Waals surface area contributed by atoms with Crippen LogP contribution in [0.4, 0.5) is 0 Å². The molecule has 3 rings (SSSR count). The average molecular weight is 358 g/mol. The van der Waals surface area contributed by atoms with Gasteiger partial charge in [0, 0.05) is 42.0 Å². The average Bonchev–Trinajstić information content (AvgIpc) is 3.23. The van der Waals surface area contributed by atoms with E-state index in [1.54, 1.807) is 30.1 Å². The van der Waals surface area contributed by atoms with E-state index in [1.165, 1.54) is 0 Å². The molecule has 0 aliphatic heterocycles. The van der Waals surface area contributed by atoms with Gasteiger partial charge in [-0.2, -0.15) is 10.2 Å². The molecular weight excluding hydrogens is 338 g/mol. The summed E-state index contributed by atoms with van der Waals surface area (Å²) in [6, 6.07) is 9.10. The summed E-state index contributed by atoms with van der Waals surface area (Å²) >= 11 is 5.90. The highest BCUT2D eigenvalue weighted by Gasteiger charge is 2.17. The third-order valence-corrected chi connectivity index (χ3v) is 4.46. The topological polar surface area (TPSA) is 66.8 Å². The number of H-pyrrole nitrogens is 1. The molecule has 1 aromatic carbocycles. The summed E-state index contributed by atoms with van der Waals surface area (Å²) < 4.78 is 1.92. The van der Waals surface area contributed by atoms with Crippen LogP contribution in [0.2, 0.25) is 5.02 Å². The number of benzene rings is 1. The SMILES string of the molecule is CCn1ncc(CN(C)C(=O)c2cc(-c3ccc(Cl)cc3)n[nH]2)c1C. The molecule has 2 heterocycles. The molecule has 0 atom stereocenters. The Bertz CT molecular complexity index is 881. The molecule has 3 aromatic rings. The third kappa shape index (κ3) is 3.58. The van der Waals surface area contributed by atoms with Crippen molar-refractivity contribution in [3.63, 3.8) is 0 Å². The largest absolute Gasteiger partial charge is 0.336 e. The van der Waals surface area contributed by atoms with E-state index in [0.717, 1.165) is 23.4 Å². The maximum absolute atomic E-state index is 12.6. The van der Waals surface area contributed by atoms with Gasteiger partial charge in [0.15, 0.2) is 0 Å². The van der Waals surface area contributed by atoms with Crippen molar-refractivity contribution < 1.29 is 4.79 Å².